The molecule has 0 saturated carbocycles. The lowest BCUT2D eigenvalue weighted by Gasteiger charge is -2.36. The fraction of sp³-hybridized carbons (Fsp3) is 0.462. The summed E-state index contributed by atoms with van der Waals surface area (Å²) in [5.74, 6) is -1.48. The van der Waals surface area contributed by atoms with E-state index in [-0.39, 0.29) is 18.8 Å². The van der Waals surface area contributed by atoms with Gasteiger partial charge in [0.15, 0.2) is 5.84 Å². The summed E-state index contributed by atoms with van der Waals surface area (Å²) in [4.78, 5) is 1.64. The minimum absolute atomic E-state index is 0.114. The van der Waals surface area contributed by atoms with Crippen LogP contribution in [0.5, 0.6) is 0 Å². The highest BCUT2D eigenvalue weighted by molar-refractivity contribution is 9.10. The van der Waals surface area contributed by atoms with Crippen molar-refractivity contribution in [3.05, 3.63) is 28.2 Å². The minimum atomic E-state index is -4.20. The Morgan fingerprint density at radius 1 is 1.43 bits per heavy atom. The zero-order valence-electron chi connectivity index (χ0n) is 11.1. The molecule has 8 heteroatoms. The summed E-state index contributed by atoms with van der Waals surface area (Å²) in [6.45, 7) is 0.400. The average Bonchev–Trinajstić information content (AvgIpc) is 2.45. The van der Waals surface area contributed by atoms with E-state index in [0.29, 0.717) is 28.7 Å². The summed E-state index contributed by atoms with van der Waals surface area (Å²) in [5, 5.41) is 11.8. The van der Waals surface area contributed by atoms with E-state index in [1.807, 2.05) is 0 Å². The van der Waals surface area contributed by atoms with Crippen LogP contribution < -0.4 is 10.6 Å². The van der Waals surface area contributed by atoms with Crippen molar-refractivity contribution >= 4 is 27.5 Å². The fourth-order valence-electron chi connectivity index (χ4n) is 2.51. The van der Waals surface area contributed by atoms with Crippen LogP contribution in [0.4, 0.5) is 18.9 Å². The molecule has 1 aromatic carbocycles. The number of amidine groups is 1. The molecule has 1 unspecified atom stereocenters. The first kappa shape index (κ1) is 15.9. The zero-order chi connectivity index (χ0) is 15.6. The maximum absolute atomic E-state index is 12.9. The van der Waals surface area contributed by atoms with Gasteiger partial charge in [0.2, 0.25) is 0 Å². The number of hydrogen-bond acceptors (Lipinski definition) is 3. The Balaban J connectivity index is 2.33. The lowest BCUT2D eigenvalue weighted by atomic mass is 9.96. The molecule has 1 aromatic rings. The van der Waals surface area contributed by atoms with Crippen LogP contribution in [0.3, 0.4) is 0 Å². The van der Waals surface area contributed by atoms with Crippen LogP contribution in [-0.2, 0) is 0 Å². The highest BCUT2D eigenvalue weighted by Gasteiger charge is 2.42. The summed E-state index contributed by atoms with van der Waals surface area (Å²) in [7, 11) is 0. The predicted octanol–water partition coefficient (Wildman–Crippen LogP) is 3.32. The number of piperidine rings is 1. The lowest BCUT2D eigenvalue weighted by molar-refractivity contribution is -0.175. The molecule has 3 N–H and O–H groups in total. The van der Waals surface area contributed by atoms with Crippen molar-refractivity contribution in [2.75, 3.05) is 18.0 Å². The third kappa shape index (κ3) is 3.61. The molecule has 1 aliphatic rings. The molecule has 116 valence electrons. The van der Waals surface area contributed by atoms with E-state index in [1.54, 1.807) is 23.1 Å². The van der Waals surface area contributed by atoms with Gasteiger partial charge in [-0.05, 0) is 31.0 Å². The largest absolute Gasteiger partial charge is 0.409 e. The SMILES string of the molecule is N/C(=N/O)c1cc(Br)ccc1N1CCCC(C(F)(F)F)C1. The van der Waals surface area contributed by atoms with Crippen molar-refractivity contribution in [3.63, 3.8) is 0 Å². The maximum atomic E-state index is 12.9. The quantitative estimate of drug-likeness (QED) is 0.365. The van der Waals surface area contributed by atoms with Gasteiger partial charge in [-0.25, -0.2) is 0 Å². The van der Waals surface area contributed by atoms with Crippen molar-refractivity contribution in [2.24, 2.45) is 16.8 Å². The van der Waals surface area contributed by atoms with Gasteiger partial charge in [-0.3, -0.25) is 0 Å². The van der Waals surface area contributed by atoms with Crippen LogP contribution in [-0.4, -0.2) is 30.3 Å². The summed E-state index contributed by atoms with van der Waals surface area (Å²) >= 11 is 3.27. The normalized spacial score (nSPS) is 20.7. The molecule has 21 heavy (non-hydrogen) atoms. The van der Waals surface area contributed by atoms with Gasteiger partial charge in [-0.1, -0.05) is 21.1 Å². The molecule has 0 aromatic heterocycles. The first-order valence-electron chi connectivity index (χ1n) is 6.42. The Bertz CT molecular complexity index is 548. The second-order valence-electron chi connectivity index (χ2n) is 4.97. The zero-order valence-corrected chi connectivity index (χ0v) is 12.7. The first-order chi connectivity index (χ1) is 9.82. The van der Waals surface area contributed by atoms with Gasteiger partial charge >= 0.3 is 6.18 Å². The van der Waals surface area contributed by atoms with Crippen LogP contribution in [0.15, 0.2) is 27.8 Å². The van der Waals surface area contributed by atoms with Gasteiger partial charge in [0.1, 0.15) is 0 Å². The number of benzene rings is 1. The number of nitrogens with two attached hydrogens (primary N) is 1. The summed E-state index contributed by atoms with van der Waals surface area (Å²) in [6.07, 6.45) is -3.61. The molecule has 0 bridgehead atoms. The number of rotatable bonds is 2. The second-order valence-corrected chi connectivity index (χ2v) is 5.89. The Morgan fingerprint density at radius 2 is 2.14 bits per heavy atom. The van der Waals surface area contributed by atoms with E-state index in [1.165, 1.54) is 0 Å². The molecule has 1 aliphatic heterocycles. The van der Waals surface area contributed by atoms with Crippen molar-refractivity contribution in [2.45, 2.75) is 19.0 Å². The minimum Gasteiger partial charge on any atom is -0.409 e. The molecule has 1 heterocycles. The topological polar surface area (TPSA) is 61.9 Å². The number of anilines is 1. The van der Waals surface area contributed by atoms with Crippen LogP contribution in [0, 0.1) is 5.92 Å². The molecule has 0 spiro atoms. The Labute approximate surface area is 128 Å². The van der Waals surface area contributed by atoms with Gasteiger partial charge < -0.3 is 15.8 Å². The van der Waals surface area contributed by atoms with E-state index in [2.05, 4.69) is 21.1 Å². The van der Waals surface area contributed by atoms with Crippen molar-refractivity contribution < 1.29 is 18.4 Å². The predicted molar refractivity (Wildman–Crippen MR) is 77.6 cm³/mol. The lowest BCUT2D eigenvalue weighted by Crippen LogP contribution is -2.42. The van der Waals surface area contributed by atoms with Gasteiger partial charge in [-0.2, -0.15) is 13.2 Å². The maximum Gasteiger partial charge on any atom is 0.393 e. The molecular formula is C13H15BrF3N3O. The Morgan fingerprint density at radius 3 is 2.76 bits per heavy atom. The monoisotopic (exact) mass is 365 g/mol. The van der Waals surface area contributed by atoms with E-state index in [4.69, 9.17) is 10.9 Å². The van der Waals surface area contributed by atoms with Gasteiger partial charge in [-0.15, -0.1) is 0 Å². The number of oxime groups is 1. The van der Waals surface area contributed by atoms with E-state index < -0.39 is 12.1 Å². The number of hydrogen-bond donors (Lipinski definition) is 2. The van der Waals surface area contributed by atoms with Crippen molar-refractivity contribution in [1.82, 2.24) is 0 Å². The molecule has 0 radical (unpaired) electrons. The summed E-state index contributed by atoms with van der Waals surface area (Å²) in [5.41, 5.74) is 6.58. The second kappa shape index (κ2) is 6.13. The third-order valence-electron chi connectivity index (χ3n) is 3.57. The van der Waals surface area contributed by atoms with Crippen molar-refractivity contribution in [3.8, 4) is 0 Å². The molecule has 0 aliphatic carbocycles. The highest BCUT2D eigenvalue weighted by Crippen LogP contribution is 2.36. The highest BCUT2D eigenvalue weighted by atomic mass is 79.9. The molecular weight excluding hydrogens is 351 g/mol. The average molecular weight is 366 g/mol. The Kier molecular flexibility index (Phi) is 4.65. The third-order valence-corrected chi connectivity index (χ3v) is 4.06. The number of alkyl halides is 3. The van der Waals surface area contributed by atoms with E-state index in [0.717, 1.165) is 0 Å². The number of halogens is 4. The van der Waals surface area contributed by atoms with E-state index >= 15 is 0 Å². The molecule has 0 amide bonds. The molecule has 1 atom stereocenters. The fourth-order valence-corrected chi connectivity index (χ4v) is 2.87. The van der Waals surface area contributed by atoms with Gasteiger partial charge in [0, 0.05) is 28.8 Å². The van der Waals surface area contributed by atoms with Crippen molar-refractivity contribution in [1.29, 1.82) is 0 Å². The molecule has 4 nitrogen and oxygen atoms in total. The van der Waals surface area contributed by atoms with Gasteiger partial charge in [0.25, 0.3) is 0 Å². The molecule has 1 fully saturated rings. The van der Waals surface area contributed by atoms with Crippen LogP contribution in [0.25, 0.3) is 0 Å². The smallest absolute Gasteiger partial charge is 0.393 e. The first-order valence-corrected chi connectivity index (χ1v) is 7.21. The van der Waals surface area contributed by atoms with Gasteiger partial charge in [0.05, 0.1) is 5.92 Å². The van der Waals surface area contributed by atoms with E-state index in [9.17, 15) is 13.2 Å². The van der Waals surface area contributed by atoms with Crippen LogP contribution in [0.1, 0.15) is 18.4 Å². The summed E-state index contributed by atoms with van der Waals surface area (Å²) < 4.78 is 39.4. The summed E-state index contributed by atoms with van der Waals surface area (Å²) in [6, 6.07) is 5.03. The molecule has 1 saturated heterocycles. The standard InChI is InChI=1S/C13H15BrF3N3O/c14-9-3-4-11(10(6-9)12(18)19-21)20-5-1-2-8(7-20)13(15,16)17/h3-4,6,8,21H,1-2,5,7H2,(H2,18,19). The number of nitrogens with zero attached hydrogens (tertiary/aromatic N) is 2. The Hall–Kier alpha value is -1.44. The molecule has 2 rings (SSSR count). The van der Waals surface area contributed by atoms with Crippen LogP contribution >= 0.6 is 15.9 Å². The van der Waals surface area contributed by atoms with Crippen LogP contribution in [0.2, 0.25) is 0 Å².